The van der Waals surface area contributed by atoms with Gasteiger partial charge in [0.2, 0.25) is 0 Å². The first-order chi connectivity index (χ1) is 15.3. The van der Waals surface area contributed by atoms with Crippen molar-refractivity contribution in [2.75, 3.05) is 0 Å². The standard InChI is InChI=1S/C27H18ClN3/c28-23-7-5-6-21(16-23)19-10-12-20(13-11-19)22-17-26(24-8-1-3-14-29-24)31-27(18-22)25-9-2-4-15-30-25/h1-18H. The van der Waals surface area contributed by atoms with E-state index in [4.69, 9.17) is 16.6 Å². The molecule has 0 unspecified atom stereocenters. The smallest absolute Gasteiger partial charge is 0.0900 e. The van der Waals surface area contributed by atoms with Gasteiger partial charge in [0.25, 0.3) is 0 Å². The molecule has 0 atom stereocenters. The Labute approximate surface area is 186 Å². The van der Waals surface area contributed by atoms with Crippen LogP contribution < -0.4 is 0 Å². The summed E-state index contributed by atoms with van der Waals surface area (Å²) in [6.45, 7) is 0. The van der Waals surface area contributed by atoms with Crippen LogP contribution in [-0.2, 0) is 0 Å². The van der Waals surface area contributed by atoms with E-state index in [0.29, 0.717) is 0 Å². The van der Waals surface area contributed by atoms with Crippen molar-refractivity contribution >= 4 is 11.6 Å². The number of aromatic nitrogens is 3. The van der Waals surface area contributed by atoms with E-state index in [9.17, 15) is 0 Å². The molecule has 0 bridgehead atoms. The monoisotopic (exact) mass is 419 g/mol. The summed E-state index contributed by atoms with van der Waals surface area (Å²) in [5.74, 6) is 0. The summed E-state index contributed by atoms with van der Waals surface area (Å²) >= 11 is 6.15. The third kappa shape index (κ3) is 4.23. The summed E-state index contributed by atoms with van der Waals surface area (Å²) in [4.78, 5) is 13.8. The average Bonchev–Trinajstić information content (AvgIpc) is 2.85. The average molecular weight is 420 g/mol. The lowest BCUT2D eigenvalue weighted by atomic mass is 9.99. The number of hydrogen-bond donors (Lipinski definition) is 0. The maximum absolute atomic E-state index is 6.15. The summed E-state index contributed by atoms with van der Waals surface area (Å²) in [7, 11) is 0. The lowest BCUT2D eigenvalue weighted by Crippen LogP contribution is -1.93. The van der Waals surface area contributed by atoms with Gasteiger partial charge in [-0.2, -0.15) is 0 Å². The second-order valence-corrected chi connectivity index (χ2v) is 7.58. The van der Waals surface area contributed by atoms with Gasteiger partial charge < -0.3 is 0 Å². The summed E-state index contributed by atoms with van der Waals surface area (Å²) in [5.41, 5.74) is 7.67. The van der Waals surface area contributed by atoms with E-state index >= 15 is 0 Å². The van der Waals surface area contributed by atoms with Crippen molar-refractivity contribution in [3.8, 4) is 45.0 Å². The Morgan fingerprint density at radius 2 is 1.03 bits per heavy atom. The first kappa shape index (κ1) is 19.2. The van der Waals surface area contributed by atoms with Gasteiger partial charge in [0.15, 0.2) is 0 Å². The van der Waals surface area contributed by atoms with E-state index in [-0.39, 0.29) is 0 Å². The van der Waals surface area contributed by atoms with Crippen molar-refractivity contribution < 1.29 is 0 Å². The highest BCUT2D eigenvalue weighted by atomic mass is 35.5. The van der Waals surface area contributed by atoms with Crippen LogP contribution in [0.25, 0.3) is 45.0 Å². The van der Waals surface area contributed by atoms with Gasteiger partial charge in [0.05, 0.1) is 22.8 Å². The molecule has 5 aromatic rings. The highest BCUT2D eigenvalue weighted by molar-refractivity contribution is 6.30. The minimum atomic E-state index is 0.732. The van der Waals surface area contributed by atoms with Crippen molar-refractivity contribution in [1.29, 1.82) is 0 Å². The molecule has 2 aromatic carbocycles. The first-order valence-corrected chi connectivity index (χ1v) is 10.4. The minimum Gasteiger partial charge on any atom is -0.255 e. The van der Waals surface area contributed by atoms with Crippen LogP contribution in [0.5, 0.6) is 0 Å². The molecule has 0 saturated carbocycles. The number of hydrogen-bond acceptors (Lipinski definition) is 3. The molecule has 3 heterocycles. The normalized spacial score (nSPS) is 10.7. The van der Waals surface area contributed by atoms with E-state index in [1.54, 1.807) is 12.4 Å². The molecule has 0 aliphatic carbocycles. The summed E-state index contributed by atoms with van der Waals surface area (Å²) < 4.78 is 0. The van der Waals surface area contributed by atoms with Gasteiger partial charge in [0, 0.05) is 17.4 Å². The molecule has 5 rings (SSSR count). The Bertz CT molecular complexity index is 1260. The topological polar surface area (TPSA) is 38.7 Å². The third-order valence-electron chi connectivity index (χ3n) is 5.06. The second kappa shape index (κ2) is 8.50. The first-order valence-electron chi connectivity index (χ1n) is 9.97. The number of halogens is 1. The molecule has 3 nitrogen and oxygen atoms in total. The molecule has 4 heteroatoms. The predicted octanol–water partition coefficient (Wildman–Crippen LogP) is 7.19. The SMILES string of the molecule is Clc1cccc(-c2ccc(-c3cc(-c4ccccn4)nc(-c4ccccn4)c3)cc2)c1. The van der Waals surface area contributed by atoms with E-state index in [0.717, 1.165) is 50.1 Å². The fraction of sp³-hybridized carbons (Fsp3) is 0. The van der Waals surface area contributed by atoms with Gasteiger partial charge >= 0.3 is 0 Å². The highest BCUT2D eigenvalue weighted by Crippen LogP contribution is 2.31. The fourth-order valence-electron chi connectivity index (χ4n) is 3.51. The molecule has 148 valence electrons. The van der Waals surface area contributed by atoms with Crippen LogP contribution in [0.4, 0.5) is 0 Å². The van der Waals surface area contributed by atoms with Crippen molar-refractivity contribution in [3.63, 3.8) is 0 Å². The van der Waals surface area contributed by atoms with Crippen molar-refractivity contribution in [2.45, 2.75) is 0 Å². The fourth-order valence-corrected chi connectivity index (χ4v) is 3.70. The Hall–Kier alpha value is -3.82. The van der Waals surface area contributed by atoms with Gasteiger partial charge in [-0.1, -0.05) is 60.1 Å². The number of pyridine rings is 3. The molecule has 31 heavy (non-hydrogen) atoms. The molecular weight excluding hydrogens is 402 g/mol. The van der Waals surface area contributed by atoms with Crippen LogP contribution in [0.2, 0.25) is 5.02 Å². The maximum Gasteiger partial charge on any atom is 0.0900 e. The maximum atomic E-state index is 6.15. The van der Waals surface area contributed by atoms with Gasteiger partial charge in [-0.15, -0.1) is 0 Å². The lowest BCUT2D eigenvalue weighted by molar-refractivity contribution is 1.22. The zero-order valence-electron chi connectivity index (χ0n) is 16.6. The molecule has 0 aliphatic rings. The minimum absolute atomic E-state index is 0.732. The third-order valence-corrected chi connectivity index (χ3v) is 5.29. The van der Waals surface area contributed by atoms with E-state index in [1.165, 1.54) is 0 Å². The van der Waals surface area contributed by atoms with Crippen LogP contribution in [0.1, 0.15) is 0 Å². The molecule has 0 aliphatic heterocycles. The van der Waals surface area contributed by atoms with Gasteiger partial charge in [-0.05, 0) is 70.8 Å². The molecule has 0 spiro atoms. The zero-order valence-corrected chi connectivity index (χ0v) is 17.4. The summed E-state index contributed by atoms with van der Waals surface area (Å²) in [6.07, 6.45) is 3.56. The second-order valence-electron chi connectivity index (χ2n) is 7.14. The Morgan fingerprint density at radius 3 is 1.55 bits per heavy atom. The van der Waals surface area contributed by atoms with Crippen LogP contribution in [0, 0.1) is 0 Å². The Balaban J connectivity index is 1.59. The number of nitrogens with zero attached hydrogens (tertiary/aromatic N) is 3. The largest absolute Gasteiger partial charge is 0.255 e. The molecule has 0 fully saturated rings. The van der Waals surface area contributed by atoms with Crippen molar-refractivity contribution in [2.24, 2.45) is 0 Å². The summed E-state index contributed by atoms with van der Waals surface area (Å²) in [5, 5.41) is 0.732. The summed E-state index contributed by atoms with van der Waals surface area (Å²) in [6, 6.07) is 32.2. The molecular formula is C27H18ClN3. The molecule has 0 N–H and O–H groups in total. The van der Waals surface area contributed by atoms with Crippen molar-refractivity contribution in [1.82, 2.24) is 15.0 Å². The Morgan fingerprint density at radius 1 is 0.452 bits per heavy atom. The number of benzene rings is 2. The van der Waals surface area contributed by atoms with Crippen LogP contribution in [0.15, 0.2) is 109 Å². The zero-order chi connectivity index (χ0) is 21.0. The molecule has 3 aromatic heterocycles. The van der Waals surface area contributed by atoms with Crippen LogP contribution >= 0.6 is 11.6 Å². The molecule has 0 saturated heterocycles. The van der Waals surface area contributed by atoms with Crippen LogP contribution in [-0.4, -0.2) is 15.0 Å². The Kier molecular flexibility index (Phi) is 5.26. The van der Waals surface area contributed by atoms with Gasteiger partial charge in [0.1, 0.15) is 0 Å². The molecule has 0 amide bonds. The van der Waals surface area contributed by atoms with E-state index in [2.05, 4.69) is 52.4 Å². The van der Waals surface area contributed by atoms with Gasteiger partial charge in [-0.25, -0.2) is 4.98 Å². The predicted molar refractivity (Wildman–Crippen MR) is 127 cm³/mol. The molecule has 0 radical (unpaired) electrons. The van der Waals surface area contributed by atoms with Crippen molar-refractivity contribution in [3.05, 3.63) is 114 Å². The lowest BCUT2D eigenvalue weighted by Gasteiger charge is -2.10. The van der Waals surface area contributed by atoms with Crippen LogP contribution in [0.3, 0.4) is 0 Å². The van der Waals surface area contributed by atoms with Gasteiger partial charge in [-0.3, -0.25) is 9.97 Å². The van der Waals surface area contributed by atoms with E-state index in [1.807, 2.05) is 54.6 Å². The highest BCUT2D eigenvalue weighted by Gasteiger charge is 2.10. The number of rotatable bonds is 4. The van der Waals surface area contributed by atoms with E-state index < -0.39 is 0 Å². The quantitative estimate of drug-likeness (QED) is 0.309.